The van der Waals surface area contributed by atoms with Gasteiger partial charge in [-0.3, -0.25) is 0 Å². The first-order valence-electron chi connectivity index (χ1n) is 4.36. The molecule has 0 bridgehead atoms. The minimum absolute atomic E-state index is 0.834. The SMILES string of the molecule is CCc1cc(Br)c2ccsc2c1C#N. The molecular formula is C11H8BrNS. The Morgan fingerprint density at radius 2 is 2.36 bits per heavy atom. The van der Waals surface area contributed by atoms with Gasteiger partial charge in [0.1, 0.15) is 6.07 Å². The highest BCUT2D eigenvalue weighted by Crippen LogP contribution is 2.33. The van der Waals surface area contributed by atoms with Crippen LogP contribution in [0, 0.1) is 11.3 Å². The Hall–Kier alpha value is -0.850. The number of aryl methyl sites for hydroxylation is 1. The number of rotatable bonds is 1. The van der Waals surface area contributed by atoms with Crippen molar-refractivity contribution in [3.8, 4) is 6.07 Å². The lowest BCUT2D eigenvalue weighted by Crippen LogP contribution is -1.88. The van der Waals surface area contributed by atoms with Crippen molar-refractivity contribution in [2.24, 2.45) is 0 Å². The highest BCUT2D eigenvalue weighted by molar-refractivity contribution is 9.10. The van der Waals surface area contributed by atoms with E-state index in [2.05, 4.69) is 28.9 Å². The second-order valence-corrected chi connectivity index (χ2v) is 4.79. The normalized spacial score (nSPS) is 10.4. The standard InChI is InChI=1S/C11H8BrNS/c1-2-7-5-10(12)8-3-4-14-11(8)9(7)6-13/h3-5H,2H2,1H3. The zero-order valence-electron chi connectivity index (χ0n) is 7.67. The number of nitriles is 1. The van der Waals surface area contributed by atoms with E-state index in [1.54, 1.807) is 11.3 Å². The van der Waals surface area contributed by atoms with E-state index in [-0.39, 0.29) is 0 Å². The summed E-state index contributed by atoms with van der Waals surface area (Å²) in [4.78, 5) is 0. The van der Waals surface area contributed by atoms with Crippen LogP contribution in [-0.4, -0.2) is 0 Å². The summed E-state index contributed by atoms with van der Waals surface area (Å²) in [5.41, 5.74) is 1.95. The average molecular weight is 266 g/mol. The summed E-state index contributed by atoms with van der Waals surface area (Å²) in [6.45, 7) is 2.07. The predicted octanol–water partition coefficient (Wildman–Crippen LogP) is 4.10. The topological polar surface area (TPSA) is 23.8 Å². The van der Waals surface area contributed by atoms with E-state index in [0.717, 1.165) is 32.1 Å². The van der Waals surface area contributed by atoms with Crippen LogP contribution in [0.5, 0.6) is 0 Å². The largest absolute Gasteiger partial charge is 0.192 e. The maximum Gasteiger partial charge on any atom is 0.101 e. The van der Waals surface area contributed by atoms with Crippen molar-refractivity contribution in [2.45, 2.75) is 13.3 Å². The zero-order valence-corrected chi connectivity index (χ0v) is 10.1. The van der Waals surface area contributed by atoms with Crippen LogP contribution in [0.3, 0.4) is 0 Å². The molecule has 0 saturated heterocycles. The number of fused-ring (bicyclic) bond motifs is 1. The fourth-order valence-electron chi connectivity index (χ4n) is 1.54. The molecular weight excluding hydrogens is 258 g/mol. The minimum atomic E-state index is 0.834. The quantitative estimate of drug-likeness (QED) is 0.762. The first-order valence-corrected chi connectivity index (χ1v) is 6.04. The van der Waals surface area contributed by atoms with Crippen LogP contribution in [0.2, 0.25) is 0 Å². The Morgan fingerprint density at radius 3 is 3.00 bits per heavy atom. The van der Waals surface area contributed by atoms with Gasteiger partial charge in [-0.25, -0.2) is 0 Å². The van der Waals surface area contributed by atoms with Gasteiger partial charge in [-0.05, 0) is 29.5 Å². The van der Waals surface area contributed by atoms with Crippen molar-refractivity contribution in [3.63, 3.8) is 0 Å². The van der Waals surface area contributed by atoms with Gasteiger partial charge in [-0.1, -0.05) is 22.9 Å². The summed E-state index contributed by atoms with van der Waals surface area (Å²) >= 11 is 5.16. The van der Waals surface area contributed by atoms with E-state index < -0.39 is 0 Å². The Morgan fingerprint density at radius 1 is 1.57 bits per heavy atom. The van der Waals surface area contributed by atoms with Crippen molar-refractivity contribution in [2.75, 3.05) is 0 Å². The van der Waals surface area contributed by atoms with E-state index in [4.69, 9.17) is 5.26 Å². The van der Waals surface area contributed by atoms with Crippen LogP contribution in [0.15, 0.2) is 22.0 Å². The monoisotopic (exact) mass is 265 g/mol. The Bertz CT molecular complexity index is 522. The van der Waals surface area contributed by atoms with Crippen LogP contribution in [0.1, 0.15) is 18.1 Å². The van der Waals surface area contributed by atoms with E-state index in [1.165, 1.54) is 0 Å². The zero-order chi connectivity index (χ0) is 10.1. The summed E-state index contributed by atoms with van der Waals surface area (Å²) in [7, 11) is 0. The van der Waals surface area contributed by atoms with Gasteiger partial charge in [0, 0.05) is 9.86 Å². The first-order chi connectivity index (χ1) is 6.77. The minimum Gasteiger partial charge on any atom is -0.192 e. The molecule has 1 aromatic carbocycles. The summed E-state index contributed by atoms with van der Waals surface area (Å²) in [6.07, 6.45) is 0.898. The lowest BCUT2D eigenvalue weighted by Gasteiger charge is -2.03. The maximum atomic E-state index is 9.10. The summed E-state index contributed by atoms with van der Waals surface area (Å²) in [5, 5.41) is 12.3. The Labute approximate surface area is 95.1 Å². The van der Waals surface area contributed by atoms with Crippen LogP contribution in [-0.2, 0) is 6.42 Å². The molecule has 0 spiro atoms. The van der Waals surface area contributed by atoms with Crippen molar-refractivity contribution in [1.29, 1.82) is 5.26 Å². The van der Waals surface area contributed by atoms with Crippen LogP contribution < -0.4 is 0 Å². The number of hydrogen-bond acceptors (Lipinski definition) is 2. The molecule has 0 fully saturated rings. The molecule has 2 aromatic rings. The van der Waals surface area contributed by atoms with Crippen LogP contribution in [0.4, 0.5) is 0 Å². The van der Waals surface area contributed by atoms with Gasteiger partial charge in [0.25, 0.3) is 0 Å². The highest BCUT2D eigenvalue weighted by Gasteiger charge is 2.10. The predicted molar refractivity (Wildman–Crippen MR) is 63.6 cm³/mol. The summed E-state index contributed by atoms with van der Waals surface area (Å²) < 4.78 is 2.18. The van der Waals surface area contributed by atoms with E-state index in [1.807, 2.05) is 17.5 Å². The molecule has 1 aromatic heterocycles. The van der Waals surface area contributed by atoms with Crippen LogP contribution in [0.25, 0.3) is 10.1 Å². The first kappa shape index (κ1) is 9.70. The lowest BCUT2D eigenvalue weighted by molar-refractivity contribution is 1.13. The van der Waals surface area contributed by atoms with Gasteiger partial charge in [0.05, 0.1) is 10.3 Å². The smallest absolute Gasteiger partial charge is 0.101 e. The molecule has 0 saturated carbocycles. The highest BCUT2D eigenvalue weighted by atomic mass is 79.9. The van der Waals surface area contributed by atoms with Gasteiger partial charge >= 0.3 is 0 Å². The Balaban J connectivity index is 2.91. The Kier molecular flexibility index (Phi) is 2.58. The molecule has 0 aliphatic heterocycles. The van der Waals surface area contributed by atoms with Gasteiger partial charge in [-0.15, -0.1) is 11.3 Å². The van der Waals surface area contributed by atoms with Crippen molar-refractivity contribution in [3.05, 3.63) is 33.1 Å². The fourth-order valence-corrected chi connectivity index (χ4v) is 3.22. The third-order valence-electron chi connectivity index (χ3n) is 2.26. The van der Waals surface area contributed by atoms with Gasteiger partial charge in [0.15, 0.2) is 0 Å². The molecule has 0 atom stereocenters. The molecule has 0 N–H and O–H groups in total. The number of nitrogens with zero attached hydrogens (tertiary/aromatic N) is 1. The second-order valence-electron chi connectivity index (χ2n) is 3.02. The molecule has 0 aliphatic carbocycles. The third-order valence-corrected chi connectivity index (χ3v) is 3.85. The molecule has 1 nitrogen and oxygen atoms in total. The lowest BCUT2D eigenvalue weighted by atomic mass is 10.0. The van der Waals surface area contributed by atoms with Crippen molar-refractivity contribution in [1.82, 2.24) is 0 Å². The second kappa shape index (κ2) is 3.72. The number of halogens is 1. The molecule has 0 radical (unpaired) electrons. The summed E-state index contributed by atoms with van der Waals surface area (Å²) in [5.74, 6) is 0. The van der Waals surface area contributed by atoms with E-state index in [9.17, 15) is 0 Å². The molecule has 0 aliphatic rings. The molecule has 0 amide bonds. The maximum absolute atomic E-state index is 9.10. The van der Waals surface area contributed by atoms with Crippen LogP contribution >= 0.6 is 27.3 Å². The number of hydrogen-bond donors (Lipinski definition) is 0. The fraction of sp³-hybridized carbons (Fsp3) is 0.182. The van der Waals surface area contributed by atoms with Gasteiger partial charge in [-0.2, -0.15) is 5.26 Å². The number of benzene rings is 1. The molecule has 70 valence electrons. The molecule has 0 unspecified atom stereocenters. The average Bonchev–Trinajstić information content (AvgIpc) is 2.66. The van der Waals surface area contributed by atoms with E-state index >= 15 is 0 Å². The molecule has 1 heterocycles. The molecule has 14 heavy (non-hydrogen) atoms. The van der Waals surface area contributed by atoms with E-state index in [0.29, 0.717) is 0 Å². The van der Waals surface area contributed by atoms with Crippen molar-refractivity contribution < 1.29 is 0 Å². The molecule has 2 rings (SSSR count). The number of thiophene rings is 1. The third kappa shape index (κ3) is 1.35. The summed E-state index contributed by atoms with van der Waals surface area (Å²) in [6, 6.07) is 6.39. The van der Waals surface area contributed by atoms with Gasteiger partial charge in [0.2, 0.25) is 0 Å². The molecule has 3 heteroatoms. The van der Waals surface area contributed by atoms with Crippen molar-refractivity contribution >= 4 is 37.4 Å². The van der Waals surface area contributed by atoms with Gasteiger partial charge < -0.3 is 0 Å².